The fraction of sp³-hybridized carbons (Fsp3) is 0.167. The summed E-state index contributed by atoms with van der Waals surface area (Å²) in [6.07, 6.45) is 0. The average Bonchev–Trinajstić information content (AvgIpc) is 2.40. The zero-order valence-corrected chi connectivity index (χ0v) is 11.0. The van der Waals surface area contributed by atoms with Crippen LogP contribution in [-0.2, 0) is 0 Å². The fourth-order valence-corrected chi connectivity index (χ4v) is 1.68. The van der Waals surface area contributed by atoms with Crippen LogP contribution in [0.4, 0.5) is 11.5 Å². The van der Waals surface area contributed by atoms with Crippen LogP contribution in [0.3, 0.4) is 0 Å². The molecule has 0 atom stereocenters. The van der Waals surface area contributed by atoms with Crippen LogP contribution in [0, 0.1) is 24.0 Å². The van der Waals surface area contributed by atoms with Gasteiger partial charge >= 0.3 is 5.69 Å². The third-order valence-corrected chi connectivity index (χ3v) is 2.56. The summed E-state index contributed by atoms with van der Waals surface area (Å²) in [7, 11) is 0. The quantitative estimate of drug-likeness (QED) is 0.498. The lowest BCUT2D eigenvalue weighted by atomic mass is 10.2. The second kappa shape index (κ2) is 5.49. The Kier molecular flexibility index (Phi) is 3.76. The van der Waals surface area contributed by atoms with Gasteiger partial charge in [-0.2, -0.15) is 4.98 Å². The summed E-state index contributed by atoms with van der Waals surface area (Å²) in [5.74, 6) is 6.42. The maximum Gasteiger partial charge on any atom is 0.311 e. The predicted molar refractivity (Wildman–Crippen MR) is 72.5 cm³/mol. The maximum atomic E-state index is 11.0. The largest absolute Gasteiger partial charge is 0.431 e. The number of hydrogen-bond acceptors (Lipinski definition) is 7. The van der Waals surface area contributed by atoms with E-state index < -0.39 is 4.92 Å². The zero-order chi connectivity index (χ0) is 14.7. The third kappa shape index (κ3) is 2.81. The summed E-state index contributed by atoms with van der Waals surface area (Å²) in [6, 6.07) is 6.15. The van der Waals surface area contributed by atoms with Crippen molar-refractivity contribution in [2.75, 3.05) is 5.43 Å². The number of nitro benzene ring substituents is 1. The smallest absolute Gasteiger partial charge is 0.311 e. The van der Waals surface area contributed by atoms with Gasteiger partial charge in [-0.05, 0) is 19.4 Å². The van der Waals surface area contributed by atoms with E-state index in [0.29, 0.717) is 17.2 Å². The lowest BCUT2D eigenvalue weighted by Gasteiger charge is -2.09. The number of nitrogens with one attached hydrogen (secondary N) is 1. The van der Waals surface area contributed by atoms with E-state index in [1.165, 1.54) is 12.1 Å². The standard InChI is InChI=1S/C12H13N5O3/c1-7-4-3-5-9(17(18)19)12(7)20-11-6-10(16-13)14-8(2)15-11/h3-6H,13H2,1-2H3,(H,14,15,16). The van der Waals surface area contributed by atoms with Gasteiger partial charge in [-0.15, -0.1) is 0 Å². The van der Waals surface area contributed by atoms with Crippen LogP contribution in [-0.4, -0.2) is 14.9 Å². The van der Waals surface area contributed by atoms with Crippen molar-refractivity contribution in [3.8, 4) is 11.6 Å². The normalized spacial score (nSPS) is 10.2. The van der Waals surface area contributed by atoms with Gasteiger partial charge < -0.3 is 10.2 Å². The van der Waals surface area contributed by atoms with Crippen LogP contribution < -0.4 is 16.0 Å². The Morgan fingerprint density at radius 2 is 2.10 bits per heavy atom. The van der Waals surface area contributed by atoms with Crippen molar-refractivity contribution in [2.45, 2.75) is 13.8 Å². The van der Waals surface area contributed by atoms with Crippen molar-refractivity contribution in [1.29, 1.82) is 0 Å². The molecule has 0 spiro atoms. The highest BCUT2D eigenvalue weighted by atomic mass is 16.6. The molecule has 0 saturated heterocycles. The predicted octanol–water partition coefficient (Wildman–Crippen LogP) is 2.08. The monoisotopic (exact) mass is 275 g/mol. The van der Waals surface area contributed by atoms with E-state index in [1.54, 1.807) is 26.0 Å². The molecule has 2 aromatic rings. The molecule has 0 unspecified atom stereocenters. The molecule has 20 heavy (non-hydrogen) atoms. The minimum Gasteiger partial charge on any atom is -0.431 e. The topological polar surface area (TPSA) is 116 Å². The van der Waals surface area contributed by atoms with Crippen molar-refractivity contribution >= 4 is 11.5 Å². The number of nitrogens with two attached hydrogens (primary N) is 1. The van der Waals surface area contributed by atoms with Gasteiger partial charge in [-0.1, -0.05) is 12.1 Å². The molecule has 0 aliphatic rings. The Morgan fingerprint density at radius 3 is 2.75 bits per heavy atom. The van der Waals surface area contributed by atoms with Gasteiger partial charge in [0.25, 0.3) is 0 Å². The van der Waals surface area contributed by atoms with Crippen LogP contribution in [0.2, 0.25) is 0 Å². The average molecular weight is 275 g/mol. The van der Waals surface area contributed by atoms with Crippen molar-refractivity contribution in [3.63, 3.8) is 0 Å². The minimum absolute atomic E-state index is 0.122. The Morgan fingerprint density at radius 1 is 1.35 bits per heavy atom. The van der Waals surface area contributed by atoms with Gasteiger partial charge in [0.2, 0.25) is 11.6 Å². The van der Waals surface area contributed by atoms with E-state index in [9.17, 15) is 10.1 Å². The summed E-state index contributed by atoms with van der Waals surface area (Å²) >= 11 is 0. The summed E-state index contributed by atoms with van der Waals surface area (Å²) in [5, 5.41) is 11.0. The van der Waals surface area contributed by atoms with Crippen molar-refractivity contribution in [1.82, 2.24) is 9.97 Å². The van der Waals surface area contributed by atoms with E-state index in [1.807, 2.05) is 0 Å². The van der Waals surface area contributed by atoms with Gasteiger partial charge in [-0.25, -0.2) is 10.8 Å². The number of hydrogen-bond donors (Lipinski definition) is 2. The van der Waals surface area contributed by atoms with Crippen LogP contribution >= 0.6 is 0 Å². The van der Waals surface area contributed by atoms with E-state index in [2.05, 4.69) is 15.4 Å². The first-order valence-electron chi connectivity index (χ1n) is 5.75. The van der Waals surface area contributed by atoms with E-state index in [-0.39, 0.29) is 17.3 Å². The van der Waals surface area contributed by atoms with Crippen LogP contribution in [0.25, 0.3) is 0 Å². The molecule has 104 valence electrons. The van der Waals surface area contributed by atoms with Gasteiger partial charge in [0.1, 0.15) is 11.6 Å². The molecule has 0 fully saturated rings. The molecule has 8 nitrogen and oxygen atoms in total. The fourth-order valence-electron chi connectivity index (χ4n) is 1.68. The second-order valence-corrected chi connectivity index (χ2v) is 4.07. The molecule has 0 aliphatic heterocycles. The number of aromatic nitrogens is 2. The molecule has 0 amide bonds. The number of nitrogens with zero attached hydrogens (tertiary/aromatic N) is 3. The number of rotatable bonds is 4. The van der Waals surface area contributed by atoms with Gasteiger partial charge in [0.05, 0.1) is 4.92 Å². The number of nitrogen functional groups attached to an aromatic ring is 1. The highest BCUT2D eigenvalue weighted by Gasteiger charge is 2.18. The summed E-state index contributed by atoms with van der Waals surface area (Å²) in [6.45, 7) is 3.39. The number of hydrazine groups is 1. The molecule has 2 rings (SSSR count). The number of nitro groups is 1. The zero-order valence-electron chi connectivity index (χ0n) is 11.0. The molecule has 3 N–H and O–H groups in total. The van der Waals surface area contributed by atoms with Crippen LogP contribution in [0.1, 0.15) is 11.4 Å². The Hall–Kier alpha value is -2.74. The number of benzene rings is 1. The molecular weight excluding hydrogens is 262 g/mol. The second-order valence-electron chi connectivity index (χ2n) is 4.07. The molecule has 0 aliphatic carbocycles. The maximum absolute atomic E-state index is 11.0. The van der Waals surface area contributed by atoms with Gasteiger partial charge in [0, 0.05) is 12.1 Å². The van der Waals surface area contributed by atoms with E-state index in [4.69, 9.17) is 10.6 Å². The van der Waals surface area contributed by atoms with Gasteiger partial charge in [-0.3, -0.25) is 10.1 Å². The molecule has 0 saturated carbocycles. The van der Waals surface area contributed by atoms with Crippen molar-refractivity contribution in [2.24, 2.45) is 5.84 Å². The van der Waals surface area contributed by atoms with Crippen molar-refractivity contribution in [3.05, 3.63) is 45.8 Å². The molecule has 0 bridgehead atoms. The minimum atomic E-state index is -0.502. The van der Waals surface area contributed by atoms with Crippen LogP contribution in [0.5, 0.6) is 11.6 Å². The molecule has 1 aromatic carbocycles. The van der Waals surface area contributed by atoms with Crippen LogP contribution in [0.15, 0.2) is 24.3 Å². The SMILES string of the molecule is Cc1nc(NN)cc(Oc2c(C)cccc2[N+](=O)[O-])n1. The summed E-state index contributed by atoms with van der Waals surface area (Å²) in [4.78, 5) is 18.6. The van der Waals surface area contributed by atoms with Gasteiger partial charge in [0.15, 0.2) is 0 Å². The first kappa shape index (κ1) is 13.7. The Balaban J connectivity index is 2.44. The third-order valence-electron chi connectivity index (χ3n) is 2.56. The summed E-state index contributed by atoms with van der Waals surface area (Å²) in [5.41, 5.74) is 2.90. The number of aryl methyl sites for hydroxylation is 2. The first-order chi connectivity index (χ1) is 9.51. The van der Waals surface area contributed by atoms with E-state index in [0.717, 1.165) is 0 Å². The Labute approximate surface area is 114 Å². The highest BCUT2D eigenvalue weighted by molar-refractivity contribution is 5.53. The highest BCUT2D eigenvalue weighted by Crippen LogP contribution is 2.34. The molecule has 8 heteroatoms. The Bertz CT molecular complexity index is 660. The number of anilines is 1. The molecule has 1 aromatic heterocycles. The molecule has 0 radical (unpaired) electrons. The number of ether oxygens (including phenoxy) is 1. The van der Waals surface area contributed by atoms with Crippen molar-refractivity contribution < 1.29 is 9.66 Å². The lowest BCUT2D eigenvalue weighted by Crippen LogP contribution is -2.10. The molecule has 1 heterocycles. The first-order valence-corrected chi connectivity index (χ1v) is 5.75. The number of para-hydroxylation sites is 1. The summed E-state index contributed by atoms with van der Waals surface area (Å²) < 4.78 is 5.54. The molecular formula is C12H13N5O3. The van der Waals surface area contributed by atoms with E-state index >= 15 is 0 Å². The lowest BCUT2D eigenvalue weighted by molar-refractivity contribution is -0.385.